The summed E-state index contributed by atoms with van der Waals surface area (Å²) in [6.07, 6.45) is -6.31. The van der Waals surface area contributed by atoms with E-state index in [0.717, 1.165) is 27.8 Å². The molecule has 1 aliphatic rings. The lowest BCUT2D eigenvalue weighted by Crippen LogP contribution is -2.48. The smallest absolute Gasteiger partial charge is 0.387 e. The van der Waals surface area contributed by atoms with E-state index in [9.17, 15) is 14.6 Å². The Morgan fingerprint density at radius 2 is 0.969 bits per heavy atom. The van der Waals surface area contributed by atoms with Crippen molar-refractivity contribution >= 4 is 8.25 Å². The lowest BCUT2D eigenvalue weighted by Gasteiger charge is -2.33. The van der Waals surface area contributed by atoms with E-state index in [1.165, 1.54) is 19.6 Å². The van der Waals surface area contributed by atoms with Crippen LogP contribution < -0.4 is 0 Å². The summed E-state index contributed by atoms with van der Waals surface area (Å²) in [6.45, 7) is 11.0. The molecule has 1 saturated heterocycles. The predicted octanol–water partition coefficient (Wildman–Crippen LogP) is 8.66. The third-order valence-electron chi connectivity index (χ3n) is 10.7. The maximum atomic E-state index is 11.9. The van der Waals surface area contributed by atoms with Gasteiger partial charge in [-0.2, -0.15) is 0 Å². The Morgan fingerprint density at radius 3 is 1.39 bits per heavy atom. The van der Waals surface area contributed by atoms with E-state index < -0.39 is 51.2 Å². The van der Waals surface area contributed by atoms with Gasteiger partial charge in [0.2, 0.25) is 0 Å². The quantitative estimate of drug-likeness (QED) is 0.0489. The molecule has 344 valence electrons. The molecule has 0 bridgehead atoms. The van der Waals surface area contributed by atoms with Crippen molar-refractivity contribution in [2.75, 3.05) is 39.5 Å². The number of rotatable bonds is 27. The van der Waals surface area contributed by atoms with E-state index in [-0.39, 0.29) is 46.2 Å². The van der Waals surface area contributed by atoms with Crippen LogP contribution in [-0.4, -0.2) is 97.3 Å². The molecule has 12 nitrogen and oxygen atoms in total. The van der Waals surface area contributed by atoms with Crippen molar-refractivity contribution in [3.8, 4) is 0 Å². The van der Waals surface area contributed by atoms with Crippen LogP contribution in [0.15, 0.2) is 152 Å². The molecule has 2 N–H and O–H groups in total. The molecular weight excluding hydrogens is 834 g/mol. The molecule has 5 aromatic carbocycles. The van der Waals surface area contributed by atoms with Crippen molar-refractivity contribution in [2.24, 2.45) is 0 Å². The van der Waals surface area contributed by atoms with Crippen LogP contribution in [-0.2, 0) is 75.3 Å². The summed E-state index contributed by atoms with van der Waals surface area (Å²) in [4.78, 5) is 12.1. The number of benzene rings is 5. The topological polar surface area (TPSA) is 135 Å². The molecule has 1 aliphatic heterocycles. The summed E-state index contributed by atoms with van der Waals surface area (Å²) in [5.41, 5.74) is 4.62. The van der Waals surface area contributed by atoms with Crippen molar-refractivity contribution in [1.29, 1.82) is 0 Å². The number of aliphatic hydroxyl groups excluding tert-OH is 1. The summed E-state index contributed by atoms with van der Waals surface area (Å²) >= 11 is 0. The third kappa shape index (κ3) is 18.0. The molecule has 0 aromatic heterocycles. The first-order valence-electron chi connectivity index (χ1n) is 22.1. The molecule has 0 amide bonds. The van der Waals surface area contributed by atoms with Gasteiger partial charge in [-0.3, -0.25) is 0 Å². The maximum Gasteiger partial charge on any atom is 0.694 e. The Balaban J connectivity index is 0.00000102. The fourth-order valence-corrected chi connectivity index (χ4v) is 7.31. The number of hydrogen-bond acceptors (Lipinski definition) is 11. The first-order chi connectivity index (χ1) is 31.4. The second kappa shape index (κ2) is 29.3. The maximum absolute atomic E-state index is 11.9. The summed E-state index contributed by atoms with van der Waals surface area (Å²) < 4.78 is 61.9. The molecule has 13 heteroatoms. The normalized spacial score (nSPS) is 18.8. The first-order valence-corrected chi connectivity index (χ1v) is 23.2. The molecule has 1 unspecified atom stereocenters. The van der Waals surface area contributed by atoms with Gasteiger partial charge in [0.05, 0.1) is 46.2 Å². The summed E-state index contributed by atoms with van der Waals surface area (Å²) in [5, 5.41) is 11.6. The molecule has 0 aliphatic carbocycles. The van der Waals surface area contributed by atoms with Crippen molar-refractivity contribution in [2.45, 2.75) is 96.7 Å². The van der Waals surface area contributed by atoms with Crippen molar-refractivity contribution in [1.82, 2.24) is 4.90 Å². The van der Waals surface area contributed by atoms with Crippen LogP contribution in [0.1, 0.15) is 48.6 Å². The summed E-state index contributed by atoms with van der Waals surface area (Å²) in [6, 6.07) is 48.3. The second-order valence-electron chi connectivity index (χ2n) is 15.2. The zero-order chi connectivity index (χ0) is 45.2. The Morgan fingerprint density at radius 1 is 0.562 bits per heavy atom. The van der Waals surface area contributed by atoms with Gasteiger partial charge in [0.25, 0.3) is 0 Å². The number of ether oxygens (including phenoxy) is 7. The largest absolute Gasteiger partial charge is 0.694 e. The standard InChI is InChI=1S/C45H49O11P.C6H15N/c46-42-39(31-49-26-34-16-6-1-7-17-34)56-45(44(42)53-30-38-24-14-5-15-25-38)54-32-40(50-27-35-18-8-2-9-19-35)43(52-29-37-22-12-4-13-23-37)41(33-55-57(47)48)51-28-36-20-10-3-11-21-36;1-4-7(5-2)6-3/h1-25,39-46H,26-33H2;4-6H2,1-3H3/p+1/t39-,40+,41-,42-,43+,44-,45-;/m1./s1. The van der Waals surface area contributed by atoms with Gasteiger partial charge in [-0.25, -0.2) is 0 Å². The van der Waals surface area contributed by atoms with Crippen LogP contribution in [0, 0.1) is 0 Å². The molecule has 6 rings (SSSR count). The second-order valence-corrected chi connectivity index (χ2v) is 15.9. The Hall–Kier alpha value is -4.24. The van der Waals surface area contributed by atoms with Gasteiger partial charge in [-0.1, -0.05) is 172 Å². The van der Waals surface area contributed by atoms with Gasteiger partial charge in [0.15, 0.2) is 6.29 Å². The molecule has 5 aromatic rings. The number of hydrogen-bond donors (Lipinski definition) is 2. The predicted molar refractivity (Wildman–Crippen MR) is 246 cm³/mol. The van der Waals surface area contributed by atoms with Gasteiger partial charge in [-0.15, -0.1) is 9.42 Å². The molecule has 0 saturated carbocycles. The van der Waals surface area contributed by atoms with Gasteiger partial charge in [-0.05, 0) is 47.5 Å². The fourth-order valence-electron chi connectivity index (χ4n) is 7.03. The third-order valence-corrected chi connectivity index (χ3v) is 11.1. The molecule has 8 atom stereocenters. The van der Waals surface area contributed by atoms with Crippen LogP contribution in [0.5, 0.6) is 0 Å². The van der Waals surface area contributed by atoms with E-state index >= 15 is 0 Å². The van der Waals surface area contributed by atoms with Gasteiger partial charge in [0.1, 0.15) is 43.2 Å². The van der Waals surface area contributed by atoms with Crippen LogP contribution in [0.4, 0.5) is 0 Å². The molecular formula is C51H65NO11P+. The van der Waals surface area contributed by atoms with Crippen molar-refractivity contribution in [3.05, 3.63) is 179 Å². The minimum absolute atomic E-state index is 0.0943. The highest BCUT2D eigenvalue weighted by Crippen LogP contribution is 2.29. The van der Waals surface area contributed by atoms with E-state index in [1.807, 2.05) is 152 Å². The van der Waals surface area contributed by atoms with Gasteiger partial charge < -0.3 is 43.2 Å². The molecule has 0 spiro atoms. The molecule has 0 radical (unpaired) electrons. The summed E-state index contributed by atoms with van der Waals surface area (Å²) in [5.74, 6) is 0. The molecule has 64 heavy (non-hydrogen) atoms. The first kappa shape index (κ1) is 50.8. The Labute approximate surface area is 379 Å². The lowest BCUT2D eigenvalue weighted by atomic mass is 10.1. The number of aliphatic hydroxyl groups is 1. The average molecular weight is 899 g/mol. The highest BCUT2D eigenvalue weighted by Gasteiger charge is 2.46. The van der Waals surface area contributed by atoms with E-state index in [1.54, 1.807) is 0 Å². The van der Waals surface area contributed by atoms with Crippen molar-refractivity contribution < 1.29 is 52.2 Å². The summed E-state index contributed by atoms with van der Waals surface area (Å²) in [7, 11) is -2.95. The van der Waals surface area contributed by atoms with E-state index in [4.69, 9.17) is 37.7 Å². The van der Waals surface area contributed by atoms with Crippen LogP contribution in [0.25, 0.3) is 0 Å². The van der Waals surface area contributed by atoms with E-state index in [0.29, 0.717) is 6.61 Å². The van der Waals surface area contributed by atoms with Gasteiger partial charge in [0, 0.05) is 4.57 Å². The zero-order valence-electron chi connectivity index (χ0n) is 37.2. The highest BCUT2D eigenvalue weighted by molar-refractivity contribution is 7.32. The fraction of sp³-hybridized carbons (Fsp3) is 0.412. The monoisotopic (exact) mass is 898 g/mol. The minimum atomic E-state index is -2.95. The Kier molecular flexibility index (Phi) is 23.3. The minimum Gasteiger partial charge on any atom is -0.387 e. The van der Waals surface area contributed by atoms with E-state index in [2.05, 4.69) is 25.7 Å². The Bertz CT molecular complexity index is 1940. The van der Waals surface area contributed by atoms with Crippen LogP contribution in [0.3, 0.4) is 0 Å². The van der Waals surface area contributed by atoms with Crippen LogP contribution >= 0.6 is 8.25 Å². The highest BCUT2D eigenvalue weighted by atomic mass is 31.1. The number of nitrogens with zero attached hydrogens (tertiary/aromatic N) is 1. The molecule has 1 heterocycles. The molecule has 1 fully saturated rings. The average Bonchev–Trinajstić information content (AvgIpc) is 3.64. The van der Waals surface area contributed by atoms with Gasteiger partial charge >= 0.3 is 8.25 Å². The van der Waals surface area contributed by atoms with Crippen molar-refractivity contribution in [3.63, 3.8) is 0 Å². The lowest BCUT2D eigenvalue weighted by molar-refractivity contribution is -0.222. The van der Waals surface area contributed by atoms with Crippen LogP contribution in [0.2, 0.25) is 0 Å². The zero-order valence-corrected chi connectivity index (χ0v) is 38.1. The SMILES string of the molecule is CCN(CC)CC.O=[P+](O)OC[C@@H](OCc1ccccc1)[C@@H](OCc1ccccc1)[C@H](CO[C@@H]1O[C@H](COCc2ccccc2)[C@@H](O)[C@H]1OCc1ccccc1)OCc1ccccc1.